The van der Waals surface area contributed by atoms with Gasteiger partial charge in [0.15, 0.2) is 0 Å². The van der Waals surface area contributed by atoms with Gasteiger partial charge in [-0.15, -0.1) is 35.5 Å². The summed E-state index contributed by atoms with van der Waals surface area (Å²) in [5.41, 5.74) is 6.43. The number of nitrogens with two attached hydrogens (primary N) is 1. The number of hydrogen-bond donors (Lipinski definition) is 2. The molecule has 0 radical (unpaired) electrons. The zero-order valence-corrected chi connectivity index (χ0v) is 12.5. The third kappa shape index (κ3) is 2.99. The number of halogens is 1. The van der Waals surface area contributed by atoms with Crippen LogP contribution in [-0.4, -0.2) is 24.0 Å². The number of thiophene rings is 1. The first kappa shape index (κ1) is 15.3. The van der Waals surface area contributed by atoms with Gasteiger partial charge in [0.05, 0.1) is 20.5 Å². The Balaban J connectivity index is 0.00000162. The van der Waals surface area contributed by atoms with Crippen LogP contribution < -0.4 is 10.6 Å². The molecule has 1 aliphatic heterocycles. The van der Waals surface area contributed by atoms with Crippen LogP contribution in [0.15, 0.2) is 10.3 Å². The van der Waals surface area contributed by atoms with E-state index < -0.39 is 0 Å². The highest BCUT2D eigenvalue weighted by Crippen LogP contribution is 2.41. The van der Waals surface area contributed by atoms with Crippen molar-refractivity contribution in [1.82, 2.24) is 0 Å². The van der Waals surface area contributed by atoms with Crippen molar-refractivity contribution >= 4 is 52.9 Å². The number of rotatable bonds is 4. The van der Waals surface area contributed by atoms with Crippen molar-refractivity contribution in [2.75, 3.05) is 17.2 Å². The molecule has 0 aliphatic carbocycles. The molecule has 0 fully saturated rings. The van der Waals surface area contributed by atoms with E-state index in [1.165, 1.54) is 11.3 Å². The van der Waals surface area contributed by atoms with Crippen LogP contribution in [0.1, 0.15) is 24.6 Å². The first-order valence-electron chi connectivity index (χ1n) is 5.55. The Morgan fingerprint density at radius 2 is 2.33 bits per heavy atom. The zero-order valence-electron chi connectivity index (χ0n) is 10.1. The zero-order chi connectivity index (χ0) is 12.4. The molecule has 3 N–H and O–H groups in total. The molecule has 4 nitrogen and oxygen atoms in total. The van der Waals surface area contributed by atoms with Gasteiger partial charge in [-0.2, -0.15) is 0 Å². The highest BCUT2D eigenvalue weighted by Gasteiger charge is 2.27. The van der Waals surface area contributed by atoms with Crippen molar-refractivity contribution < 1.29 is 4.79 Å². The van der Waals surface area contributed by atoms with Gasteiger partial charge in [-0.1, -0.05) is 13.3 Å². The van der Waals surface area contributed by atoms with Gasteiger partial charge in [0.25, 0.3) is 0 Å². The normalized spacial score (nSPS) is 14.1. The van der Waals surface area contributed by atoms with Crippen LogP contribution in [0.5, 0.6) is 0 Å². The molecule has 0 saturated heterocycles. The third-order valence-corrected chi connectivity index (χ3v) is 5.02. The fourth-order valence-electron chi connectivity index (χ4n) is 1.69. The lowest BCUT2D eigenvalue weighted by molar-refractivity contribution is -0.116. The molecule has 0 aromatic carbocycles. The number of amides is 1. The maximum Gasteiger partial charge on any atom is 0.237 e. The number of thioether (sulfide) groups is 1. The van der Waals surface area contributed by atoms with Gasteiger partial charge in [-0.25, -0.2) is 0 Å². The minimum atomic E-state index is 0. The van der Waals surface area contributed by atoms with E-state index in [0.717, 1.165) is 34.2 Å². The molecule has 0 unspecified atom stereocenters. The number of nitrogens with zero attached hydrogens (tertiary/aromatic N) is 1. The Labute approximate surface area is 121 Å². The van der Waals surface area contributed by atoms with Crippen LogP contribution in [0.3, 0.4) is 0 Å². The topological polar surface area (TPSA) is 70.2 Å². The number of anilines is 1. The van der Waals surface area contributed by atoms with Crippen molar-refractivity contribution in [1.29, 1.82) is 5.41 Å². The van der Waals surface area contributed by atoms with Crippen molar-refractivity contribution in [2.45, 2.75) is 24.0 Å². The smallest absolute Gasteiger partial charge is 0.237 e. The summed E-state index contributed by atoms with van der Waals surface area (Å²) in [6.45, 7) is 2.87. The molecule has 7 heteroatoms. The van der Waals surface area contributed by atoms with E-state index in [9.17, 15) is 4.79 Å². The lowest BCUT2D eigenvalue weighted by atomic mass is 10.3. The van der Waals surface area contributed by atoms with Crippen molar-refractivity contribution in [3.63, 3.8) is 0 Å². The second-order valence-electron chi connectivity index (χ2n) is 3.88. The molecule has 1 amide bonds. The van der Waals surface area contributed by atoms with Gasteiger partial charge in [-0.3, -0.25) is 10.2 Å². The number of amidine groups is 1. The van der Waals surface area contributed by atoms with Gasteiger partial charge >= 0.3 is 0 Å². The Hall–Kier alpha value is -0.720. The van der Waals surface area contributed by atoms with E-state index in [-0.39, 0.29) is 24.1 Å². The first-order valence-corrected chi connectivity index (χ1v) is 7.35. The maximum atomic E-state index is 11.9. The quantitative estimate of drug-likeness (QED) is 0.664. The Morgan fingerprint density at radius 1 is 1.61 bits per heavy atom. The van der Waals surface area contributed by atoms with E-state index in [0.29, 0.717) is 5.75 Å². The average Bonchev–Trinajstić information content (AvgIpc) is 2.72. The summed E-state index contributed by atoms with van der Waals surface area (Å²) in [6, 6.07) is 1.86. The van der Waals surface area contributed by atoms with E-state index in [4.69, 9.17) is 11.1 Å². The second-order valence-corrected chi connectivity index (χ2v) is 6.18. The van der Waals surface area contributed by atoms with Crippen LogP contribution in [-0.2, 0) is 4.79 Å². The predicted octanol–water partition coefficient (Wildman–Crippen LogP) is 2.69. The molecule has 1 aromatic rings. The number of nitrogens with one attached hydrogen (secondary N) is 1. The maximum absolute atomic E-state index is 11.9. The summed E-state index contributed by atoms with van der Waals surface area (Å²) in [6.07, 6.45) is 2.07. The third-order valence-electron chi connectivity index (χ3n) is 2.60. The minimum Gasteiger partial charge on any atom is -0.383 e. The van der Waals surface area contributed by atoms with Crippen molar-refractivity contribution in [2.24, 2.45) is 5.73 Å². The van der Waals surface area contributed by atoms with E-state index >= 15 is 0 Å². The van der Waals surface area contributed by atoms with Gasteiger partial charge in [0, 0.05) is 6.54 Å². The van der Waals surface area contributed by atoms with Gasteiger partial charge in [0.2, 0.25) is 5.91 Å². The summed E-state index contributed by atoms with van der Waals surface area (Å²) in [4.78, 5) is 14.4. The Morgan fingerprint density at radius 3 is 2.94 bits per heavy atom. The number of nitrogen functional groups attached to an aromatic ring is 1. The van der Waals surface area contributed by atoms with E-state index in [1.54, 1.807) is 11.8 Å². The number of carbonyl (C=O) groups excluding carboxylic acids is 1. The standard InChI is InChI=1S/C11H15N3OS2.ClH/c1-2-3-4-14-7-5-8(10(12)13)17-11(7)16-6-9(14)15;/h5H,2-4,6H2,1H3,(H3,12,13);1H. The van der Waals surface area contributed by atoms with Crippen LogP contribution in [0, 0.1) is 5.41 Å². The summed E-state index contributed by atoms with van der Waals surface area (Å²) in [5, 5.41) is 7.45. The highest BCUT2D eigenvalue weighted by atomic mass is 35.5. The van der Waals surface area contributed by atoms with Crippen LogP contribution >= 0.6 is 35.5 Å². The summed E-state index contributed by atoms with van der Waals surface area (Å²) in [7, 11) is 0. The lowest BCUT2D eigenvalue weighted by Crippen LogP contribution is -2.35. The molecular weight excluding hydrogens is 290 g/mol. The molecule has 0 bridgehead atoms. The molecule has 0 saturated carbocycles. The van der Waals surface area contributed by atoms with E-state index in [1.807, 2.05) is 11.0 Å². The largest absolute Gasteiger partial charge is 0.383 e. The monoisotopic (exact) mass is 305 g/mol. The molecule has 0 spiro atoms. The van der Waals surface area contributed by atoms with Gasteiger partial charge in [-0.05, 0) is 12.5 Å². The Kier molecular flexibility index (Phi) is 5.49. The second kappa shape index (κ2) is 6.45. The summed E-state index contributed by atoms with van der Waals surface area (Å²) < 4.78 is 1.10. The Bertz CT molecular complexity index is 461. The average molecular weight is 306 g/mol. The lowest BCUT2D eigenvalue weighted by Gasteiger charge is -2.26. The molecule has 2 heterocycles. The first-order chi connectivity index (χ1) is 8.13. The fraction of sp³-hybridized carbons (Fsp3) is 0.455. The van der Waals surface area contributed by atoms with Gasteiger partial charge < -0.3 is 10.6 Å². The number of hydrogen-bond acceptors (Lipinski definition) is 4. The summed E-state index contributed by atoms with van der Waals surface area (Å²) >= 11 is 3.05. The molecule has 1 aromatic heterocycles. The van der Waals surface area contributed by atoms with Crippen LogP contribution in [0.25, 0.3) is 0 Å². The molecule has 100 valence electrons. The van der Waals surface area contributed by atoms with Gasteiger partial charge in [0.1, 0.15) is 5.84 Å². The molecule has 18 heavy (non-hydrogen) atoms. The van der Waals surface area contributed by atoms with Crippen molar-refractivity contribution in [3.05, 3.63) is 10.9 Å². The SMILES string of the molecule is CCCCN1C(=O)CSc2sc(C(=N)N)cc21.Cl. The van der Waals surface area contributed by atoms with Crippen LogP contribution in [0.2, 0.25) is 0 Å². The van der Waals surface area contributed by atoms with Crippen LogP contribution in [0.4, 0.5) is 5.69 Å². The molecule has 1 aliphatic rings. The highest BCUT2D eigenvalue weighted by molar-refractivity contribution is 8.02. The molecule has 2 rings (SSSR count). The minimum absolute atomic E-state index is 0. The molecule has 0 atom stereocenters. The number of unbranched alkanes of at least 4 members (excludes halogenated alkanes) is 1. The fourth-order valence-corrected chi connectivity index (χ4v) is 3.85. The summed E-state index contributed by atoms with van der Waals surface area (Å²) in [5.74, 6) is 0.728. The number of carbonyl (C=O) groups is 1. The molecular formula is C11H16ClN3OS2. The number of fused-ring (bicyclic) bond motifs is 1. The predicted molar refractivity (Wildman–Crippen MR) is 80.6 cm³/mol. The van der Waals surface area contributed by atoms with E-state index in [2.05, 4.69) is 6.92 Å². The van der Waals surface area contributed by atoms with Crippen molar-refractivity contribution in [3.8, 4) is 0 Å².